The number of Topliss-reactive ketones (excluding diaryl/α,β-unsaturated/α-hetero) is 2. The quantitative estimate of drug-likeness (QED) is 0.0473. The number of phosphoric ester groups is 1. The number of carbonyl (C=O) groups excluding carboxylic acids is 4. The maximum absolute atomic E-state index is 13.3. The molecule has 2 N–H and O–H groups in total. The van der Waals surface area contributed by atoms with E-state index >= 15 is 0 Å². The number of phosphoric acid groups is 1. The summed E-state index contributed by atoms with van der Waals surface area (Å²) >= 11 is 0. The van der Waals surface area contributed by atoms with Gasteiger partial charge in [-0.1, -0.05) is 55.7 Å². The van der Waals surface area contributed by atoms with E-state index in [9.17, 15) is 28.6 Å². The van der Waals surface area contributed by atoms with Crippen LogP contribution in [0.15, 0.2) is 0 Å². The molecule has 0 bridgehead atoms. The normalized spacial score (nSPS) is 21.6. The SMILES string of the molecule is CC(C)NCCCCCC(=O)CCC(=O)N1C[C@H](OC(C)C)C[C@H]1COP(=O)(O)O[C@@H]1C[C@@H](COC(C)C)N(C(=O)CCCSSCCC(=O)C(C)C)C1. The van der Waals surface area contributed by atoms with Gasteiger partial charge in [-0.3, -0.25) is 28.2 Å². The Labute approximate surface area is 332 Å². The van der Waals surface area contributed by atoms with Crippen LogP contribution in [-0.2, 0) is 42.3 Å². The Balaban J connectivity index is 1.89. The van der Waals surface area contributed by atoms with Crippen molar-refractivity contribution >= 4 is 52.8 Å². The van der Waals surface area contributed by atoms with Crippen molar-refractivity contribution in [2.75, 3.05) is 44.4 Å². The van der Waals surface area contributed by atoms with Crippen molar-refractivity contribution in [2.45, 2.75) is 169 Å². The number of hydrogen-bond acceptors (Lipinski definition) is 12. The highest BCUT2D eigenvalue weighted by Crippen LogP contribution is 2.47. The molecule has 0 aromatic heterocycles. The average molecular weight is 824 g/mol. The van der Waals surface area contributed by atoms with Gasteiger partial charge in [-0.05, 0) is 66.3 Å². The van der Waals surface area contributed by atoms with Crippen LogP contribution in [-0.4, -0.2) is 125 Å². The number of ether oxygens (including phenoxy) is 2. The zero-order valence-electron chi connectivity index (χ0n) is 34.1. The van der Waals surface area contributed by atoms with Crippen molar-refractivity contribution in [3.8, 4) is 0 Å². The van der Waals surface area contributed by atoms with Crippen LogP contribution in [0.5, 0.6) is 0 Å². The Hall–Kier alpha value is -1.03. The molecule has 0 aromatic carbocycles. The first-order valence-corrected chi connectivity index (χ1v) is 24.0. The molecule has 2 fully saturated rings. The van der Waals surface area contributed by atoms with E-state index in [4.69, 9.17) is 18.5 Å². The summed E-state index contributed by atoms with van der Waals surface area (Å²) in [5, 5.41) is 3.37. The van der Waals surface area contributed by atoms with Gasteiger partial charge in [-0.15, -0.1) is 0 Å². The first-order valence-electron chi connectivity index (χ1n) is 20.0. The van der Waals surface area contributed by atoms with Gasteiger partial charge >= 0.3 is 7.82 Å². The standard InChI is InChI=1S/C38H70N3O10PS2/c1-27(2)36(43)17-20-54-53-19-12-14-37(44)41-24-35(22-31(41)25-48-29(5)6)51-52(46,47)49-26-32-21-34(50-30(7)8)23-40(32)38(45)16-15-33(42)13-10-9-11-18-39-28(3)4/h27-32,34-35,39H,9-26H2,1-8H3,(H,46,47)/t31-,32-,34+,35+/m0/s1. The number of hydrogen-bond donors (Lipinski definition) is 2. The second-order valence-corrected chi connectivity index (χ2v) is 19.7. The number of nitrogens with one attached hydrogen (secondary N) is 1. The summed E-state index contributed by atoms with van der Waals surface area (Å²) < 4.78 is 36.2. The molecule has 54 heavy (non-hydrogen) atoms. The highest BCUT2D eigenvalue weighted by atomic mass is 33.1. The highest BCUT2D eigenvalue weighted by Gasteiger charge is 2.42. The van der Waals surface area contributed by atoms with Crippen LogP contribution in [0, 0.1) is 5.92 Å². The summed E-state index contributed by atoms with van der Waals surface area (Å²) in [5.41, 5.74) is 0. The predicted octanol–water partition coefficient (Wildman–Crippen LogP) is 6.59. The van der Waals surface area contributed by atoms with Gasteiger partial charge in [-0.2, -0.15) is 0 Å². The second-order valence-electron chi connectivity index (χ2n) is 15.6. The van der Waals surface area contributed by atoms with Gasteiger partial charge in [0.1, 0.15) is 11.6 Å². The lowest BCUT2D eigenvalue weighted by molar-refractivity contribution is -0.135. The van der Waals surface area contributed by atoms with Gasteiger partial charge in [0, 0.05) is 68.7 Å². The van der Waals surface area contributed by atoms with Gasteiger partial charge in [0.05, 0.1) is 49.7 Å². The van der Waals surface area contributed by atoms with Crippen molar-refractivity contribution in [3.63, 3.8) is 0 Å². The fourth-order valence-corrected chi connectivity index (χ4v) is 9.48. The molecule has 13 nitrogen and oxygen atoms in total. The molecule has 0 aliphatic carbocycles. The van der Waals surface area contributed by atoms with Crippen molar-refractivity contribution in [1.82, 2.24) is 15.1 Å². The van der Waals surface area contributed by atoms with Gasteiger partial charge in [-0.25, -0.2) is 4.57 Å². The largest absolute Gasteiger partial charge is 0.472 e. The van der Waals surface area contributed by atoms with E-state index in [-0.39, 0.29) is 86.3 Å². The third kappa shape index (κ3) is 20.4. The first kappa shape index (κ1) is 49.1. The van der Waals surface area contributed by atoms with E-state index in [0.717, 1.165) is 37.3 Å². The minimum Gasteiger partial charge on any atom is -0.377 e. The topological polar surface area (TPSA) is 161 Å². The van der Waals surface area contributed by atoms with Crippen molar-refractivity contribution in [2.24, 2.45) is 5.92 Å². The average Bonchev–Trinajstić information content (AvgIpc) is 3.68. The third-order valence-corrected chi connectivity index (χ3v) is 12.8. The Bertz CT molecular complexity index is 1190. The number of amides is 2. The molecular weight excluding hydrogens is 754 g/mol. The fraction of sp³-hybridized carbons (Fsp3) is 0.895. The van der Waals surface area contributed by atoms with E-state index in [1.165, 1.54) is 0 Å². The minimum atomic E-state index is -4.57. The number of nitrogens with zero attached hydrogens (tertiary/aromatic N) is 2. The molecular formula is C38H70N3O10PS2. The molecule has 2 aliphatic rings. The van der Waals surface area contributed by atoms with E-state index in [1.54, 1.807) is 31.4 Å². The smallest absolute Gasteiger partial charge is 0.377 e. The summed E-state index contributed by atoms with van der Waals surface area (Å²) in [4.78, 5) is 65.1. The van der Waals surface area contributed by atoms with E-state index in [1.807, 2.05) is 41.5 Å². The molecule has 5 atom stereocenters. The van der Waals surface area contributed by atoms with Gasteiger partial charge in [0.2, 0.25) is 11.8 Å². The summed E-state index contributed by atoms with van der Waals surface area (Å²) in [6.45, 7) is 17.1. The van der Waals surface area contributed by atoms with Crippen LogP contribution in [0.4, 0.5) is 0 Å². The Kier molecular flexibility index (Phi) is 23.7. The molecule has 2 heterocycles. The molecule has 2 saturated heterocycles. The lowest BCUT2D eigenvalue weighted by atomic mass is 10.1. The van der Waals surface area contributed by atoms with Gasteiger partial charge in [0.25, 0.3) is 0 Å². The number of carbonyl (C=O) groups is 4. The molecule has 2 amide bonds. The van der Waals surface area contributed by atoms with Crippen LogP contribution in [0.25, 0.3) is 0 Å². The zero-order valence-corrected chi connectivity index (χ0v) is 36.7. The van der Waals surface area contributed by atoms with Crippen molar-refractivity contribution in [1.29, 1.82) is 0 Å². The highest BCUT2D eigenvalue weighted by molar-refractivity contribution is 8.76. The Morgan fingerprint density at radius 3 is 2.02 bits per heavy atom. The molecule has 1 unspecified atom stereocenters. The number of rotatable bonds is 29. The second kappa shape index (κ2) is 26.1. The van der Waals surface area contributed by atoms with Crippen LogP contribution in [0.3, 0.4) is 0 Å². The Morgan fingerprint density at radius 2 is 1.37 bits per heavy atom. The molecule has 0 aromatic rings. The van der Waals surface area contributed by atoms with Crippen LogP contribution in [0.1, 0.15) is 126 Å². The molecule has 2 rings (SSSR count). The summed E-state index contributed by atoms with van der Waals surface area (Å²) in [6.07, 6.45) is 4.58. The number of unbranched alkanes of at least 4 members (excludes halogenated alkanes) is 2. The lowest BCUT2D eigenvalue weighted by Gasteiger charge is -2.26. The molecule has 0 saturated carbocycles. The van der Waals surface area contributed by atoms with Crippen LogP contribution < -0.4 is 5.32 Å². The van der Waals surface area contributed by atoms with Crippen LogP contribution in [0.2, 0.25) is 0 Å². The maximum atomic E-state index is 13.3. The monoisotopic (exact) mass is 823 g/mol. The first-order chi connectivity index (χ1) is 25.5. The van der Waals surface area contributed by atoms with Crippen molar-refractivity contribution < 1.29 is 47.2 Å². The lowest BCUT2D eigenvalue weighted by Crippen LogP contribution is -2.39. The van der Waals surface area contributed by atoms with E-state index in [2.05, 4.69) is 19.2 Å². The number of ketones is 2. The number of likely N-dealkylation sites (tertiary alicyclic amines) is 2. The third-order valence-electron chi connectivity index (χ3n) is 9.27. The van der Waals surface area contributed by atoms with E-state index in [0.29, 0.717) is 51.1 Å². The molecule has 314 valence electrons. The predicted molar refractivity (Wildman–Crippen MR) is 216 cm³/mol. The van der Waals surface area contributed by atoms with Gasteiger partial charge < -0.3 is 29.5 Å². The van der Waals surface area contributed by atoms with Gasteiger partial charge in [0.15, 0.2) is 0 Å². The summed E-state index contributed by atoms with van der Waals surface area (Å²) in [6, 6.07) is -0.391. The zero-order chi connectivity index (χ0) is 40.3. The van der Waals surface area contributed by atoms with Crippen molar-refractivity contribution in [3.05, 3.63) is 0 Å². The maximum Gasteiger partial charge on any atom is 0.472 e. The van der Waals surface area contributed by atoms with E-state index < -0.39 is 20.0 Å². The fourth-order valence-electron chi connectivity index (χ4n) is 6.44. The molecule has 0 radical (unpaired) electrons. The minimum absolute atomic E-state index is 0.0439. The summed E-state index contributed by atoms with van der Waals surface area (Å²) in [5.74, 6) is 1.59. The summed E-state index contributed by atoms with van der Waals surface area (Å²) in [7, 11) is -1.28. The molecule has 2 aliphatic heterocycles. The van der Waals surface area contributed by atoms with Crippen LogP contribution >= 0.6 is 29.4 Å². The Morgan fingerprint density at radius 1 is 0.741 bits per heavy atom. The molecule has 0 spiro atoms. The molecule has 16 heteroatoms.